The van der Waals surface area contributed by atoms with Gasteiger partial charge >= 0.3 is 5.97 Å². The first-order chi connectivity index (χ1) is 9.06. The summed E-state index contributed by atoms with van der Waals surface area (Å²) >= 11 is 12.8. The molecule has 0 aliphatic carbocycles. The van der Waals surface area contributed by atoms with Crippen molar-refractivity contribution >= 4 is 46.2 Å². The summed E-state index contributed by atoms with van der Waals surface area (Å²) in [7, 11) is 0. The van der Waals surface area contributed by atoms with E-state index in [4.69, 9.17) is 28.3 Å². The number of carbonyl (C=O) groups is 1. The van der Waals surface area contributed by atoms with E-state index in [0.29, 0.717) is 18.7 Å². The van der Waals surface area contributed by atoms with Crippen LogP contribution in [0.15, 0.2) is 11.4 Å². The van der Waals surface area contributed by atoms with Gasteiger partial charge in [0.25, 0.3) is 0 Å². The maximum absolute atomic E-state index is 10.7. The molecule has 2 heterocycles. The molecule has 0 amide bonds. The lowest BCUT2D eigenvalue weighted by molar-refractivity contribution is 0.0691. The van der Waals surface area contributed by atoms with Crippen molar-refractivity contribution in [2.45, 2.75) is 6.42 Å². The lowest BCUT2D eigenvalue weighted by atomic mass is 10.4. The van der Waals surface area contributed by atoms with Gasteiger partial charge in [0.2, 0.25) is 0 Å². The second-order valence-corrected chi connectivity index (χ2v) is 5.17. The first-order valence-electron chi connectivity index (χ1n) is 5.16. The molecule has 0 aliphatic heterocycles. The number of nitrogens with zero attached hydrogens (tertiary/aromatic N) is 3. The van der Waals surface area contributed by atoms with Gasteiger partial charge < -0.3 is 10.4 Å². The Kier molecular flexibility index (Phi) is 4.52. The molecule has 0 bridgehead atoms. The lowest BCUT2D eigenvalue weighted by Gasteiger charge is -2.05. The molecule has 2 rings (SSSR count). The zero-order valence-corrected chi connectivity index (χ0v) is 11.8. The van der Waals surface area contributed by atoms with Crippen molar-refractivity contribution in [1.82, 2.24) is 15.2 Å². The molecule has 6 nitrogen and oxygen atoms in total. The quantitative estimate of drug-likeness (QED) is 0.881. The van der Waals surface area contributed by atoms with Gasteiger partial charge in [-0.25, -0.2) is 9.78 Å². The van der Waals surface area contributed by atoms with Crippen LogP contribution in [0.1, 0.15) is 15.5 Å². The highest BCUT2D eigenvalue weighted by Crippen LogP contribution is 2.20. The molecule has 0 aliphatic rings. The van der Waals surface area contributed by atoms with Crippen LogP contribution in [0.4, 0.5) is 5.69 Å². The molecule has 0 atom stereocenters. The van der Waals surface area contributed by atoms with Crippen molar-refractivity contribution in [3.63, 3.8) is 0 Å². The van der Waals surface area contributed by atoms with E-state index in [1.807, 2.05) is 0 Å². The van der Waals surface area contributed by atoms with Crippen LogP contribution < -0.4 is 5.32 Å². The largest absolute Gasteiger partial charge is 0.476 e. The SMILES string of the molecule is O=C(O)c1csc(CCNc2cc(Cl)nnc2Cl)n1. The van der Waals surface area contributed by atoms with Gasteiger partial charge in [0.15, 0.2) is 16.0 Å². The molecule has 0 saturated carbocycles. The Morgan fingerprint density at radius 3 is 2.89 bits per heavy atom. The first kappa shape index (κ1) is 14.0. The fraction of sp³-hybridized carbons (Fsp3) is 0.200. The number of halogens is 2. The van der Waals surface area contributed by atoms with Crippen molar-refractivity contribution in [1.29, 1.82) is 0 Å². The molecular weight excluding hydrogens is 311 g/mol. The summed E-state index contributed by atoms with van der Waals surface area (Å²) in [5, 5.41) is 21.8. The van der Waals surface area contributed by atoms with Gasteiger partial charge in [-0.3, -0.25) is 0 Å². The average Bonchev–Trinajstić information content (AvgIpc) is 2.82. The smallest absolute Gasteiger partial charge is 0.355 e. The Labute approximate surface area is 122 Å². The fourth-order valence-electron chi connectivity index (χ4n) is 1.31. The predicted octanol–water partition coefficient (Wildman–Crippen LogP) is 2.59. The van der Waals surface area contributed by atoms with Crippen LogP contribution in [-0.4, -0.2) is 32.8 Å². The zero-order chi connectivity index (χ0) is 13.8. The van der Waals surface area contributed by atoms with Crippen LogP contribution in [0, 0.1) is 0 Å². The standard InChI is InChI=1S/C10H8Cl2N4O2S/c11-7-3-5(9(12)16-15-7)13-2-1-8-14-6(4-19-8)10(17)18/h3-4H,1-2H2,(H,13,15)(H,17,18). The molecule has 2 N–H and O–H groups in total. The van der Waals surface area contributed by atoms with Gasteiger partial charge in [-0.1, -0.05) is 23.2 Å². The molecule has 2 aromatic rings. The van der Waals surface area contributed by atoms with Crippen molar-refractivity contribution in [3.05, 3.63) is 32.5 Å². The van der Waals surface area contributed by atoms with Gasteiger partial charge in [0.05, 0.1) is 10.7 Å². The molecule has 0 saturated heterocycles. The van der Waals surface area contributed by atoms with Gasteiger partial charge in [0, 0.05) is 24.4 Å². The van der Waals surface area contributed by atoms with Crippen LogP contribution in [0.2, 0.25) is 10.3 Å². The van der Waals surface area contributed by atoms with Crippen LogP contribution in [0.5, 0.6) is 0 Å². The number of aromatic carboxylic acids is 1. The summed E-state index contributed by atoms with van der Waals surface area (Å²) < 4.78 is 0. The zero-order valence-electron chi connectivity index (χ0n) is 9.43. The van der Waals surface area contributed by atoms with Gasteiger partial charge in [-0.15, -0.1) is 21.5 Å². The Morgan fingerprint density at radius 1 is 1.42 bits per heavy atom. The van der Waals surface area contributed by atoms with E-state index in [2.05, 4.69) is 20.5 Å². The van der Waals surface area contributed by atoms with Crippen molar-refractivity contribution in [2.75, 3.05) is 11.9 Å². The highest BCUT2D eigenvalue weighted by Gasteiger charge is 2.09. The van der Waals surface area contributed by atoms with E-state index in [-0.39, 0.29) is 16.0 Å². The van der Waals surface area contributed by atoms with Gasteiger partial charge in [0.1, 0.15) is 0 Å². The summed E-state index contributed by atoms with van der Waals surface area (Å²) in [6.45, 7) is 0.536. The van der Waals surface area contributed by atoms with E-state index >= 15 is 0 Å². The Morgan fingerprint density at radius 2 is 2.21 bits per heavy atom. The van der Waals surface area contributed by atoms with Gasteiger partial charge in [-0.05, 0) is 0 Å². The molecule has 19 heavy (non-hydrogen) atoms. The van der Waals surface area contributed by atoms with Crippen molar-refractivity contribution in [3.8, 4) is 0 Å². The summed E-state index contributed by atoms with van der Waals surface area (Å²) in [5.74, 6) is -1.02. The maximum atomic E-state index is 10.7. The predicted molar refractivity (Wildman–Crippen MR) is 73.3 cm³/mol. The minimum atomic E-state index is -1.02. The number of hydrogen-bond acceptors (Lipinski definition) is 6. The molecule has 0 spiro atoms. The molecule has 0 unspecified atom stereocenters. The maximum Gasteiger partial charge on any atom is 0.355 e. The summed E-state index contributed by atoms with van der Waals surface area (Å²) in [6.07, 6.45) is 0.578. The minimum Gasteiger partial charge on any atom is -0.476 e. The van der Waals surface area contributed by atoms with Crippen LogP contribution in [0.3, 0.4) is 0 Å². The highest BCUT2D eigenvalue weighted by atomic mass is 35.5. The summed E-state index contributed by atoms with van der Waals surface area (Å²) in [4.78, 5) is 14.6. The van der Waals surface area contributed by atoms with E-state index in [1.54, 1.807) is 6.07 Å². The summed E-state index contributed by atoms with van der Waals surface area (Å²) in [6, 6.07) is 1.57. The first-order valence-corrected chi connectivity index (χ1v) is 6.80. The number of thiazole rings is 1. The molecule has 9 heteroatoms. The minimum absolute atomic E-state index is 0.0617. The number of nitrogens with one attached hydrogen (secondary N) is 1. The van der Waals surface area contributed by atoms with Gasteiger partial charge in [-0.2, -0.15) is 0 Å². The Balaban J connectivity index is 1.92. The normalized spacial score (nSPS) is 10.4. The van der Waals surface area contributed by atoms with Crippen LogP contribution in [0.25, 0.3) is 0 Å². The van der Waals surface area contributed by atoms with E-state index in [0.717, 1.165) is 5.01 Å². The molecule has 0 fully saturated rings. The van der Waals surface area contributed by atoms with E-state index in [9.17, 15) is 4.79 Å². The second kappa shape index (κ2) is 6.14. The molecule has 100 valence electrons. The van der Waals surface area contributed by atoms with Crippen molar-refractivity contribution < 1.29 is 9.90 Å². The van der Waals surface area contributed by atoms with E-state index in [1.165, 1.54) is 16.7 Å². The monoisotopic (exact) mass is 318 g/mol. The van der Waals surface area contributed by atoms with Crippen LogP contribution in [-0.2, 0) is 6.42 Å². The Bertz CT molecular complexity index is 605. The van der Waals surface area contributed by atoms with E-state index < -0.39 is 5.97 Å². The molecule has 0 aromatic carbocycles. The number of hydrogen-bond donors (Lipinski definition) is 2. The topological polar surface area (TPSA) is 88.0 Å². The average molecular weight is 319 g/mol. The fourth-order valence-corrected chi connectivity index (χ4v) is 2.38. The Hall–Kier alpha value is -1.44. The second-order valence-electron chi connectivity index (χ2n) is 3.48. The van der Waals surface area contributed by atoms with Crippen LogP contribution >= 0.6 is 34.5 Å². The number of rotatable bonds is 5. The molecule has 2 aromatic heterocycles. The highest BCUT2D eigenvalue weighted by molar-refractivity contribution is 7.09. The number of aromatic nitrogens is 3. The van der Waals surface area contributed by atoms with Crippen molar-refractivity contribution in [2.24, 2.45) is 0 Å². The molecule has 0 radical (unpaired) electrons. The third kappa shape index (κ3) is 3.76. The third-order valence-corrected chi connectivity index (χ3v) is 3.52. The summed E-state index contributed by atoms with van der Waals surface area (Å²) in [5.41, 5.74) is 0.642. The number of anilines is 1. The molecular formula is C10H8Cl2N4O2S. The number of carboxylic acids is 1. The third-order valence-electron chi connectivity index (χ3n) is 2.14. The number of carboxylic acid groups (broad SMARTS) is 1. The lowest BCUT2D eigenvalue weighted by Crippen LogP contribution is -2.06.